The van der Waals surface area contributed by atoms with Crippen molar-refractivity contribution in [2.75, 3.05) is 6.54 Å². The third kappa shape index (κ3) is 5.18. The van der Waals surface area contributed by atoms with Gasteiger partial charge < -0.3 is 10.1 Å². The van der Waals surface area contributed by atoms with Crippen LogP contribution in [0, 0.1) is 5.92 Å². The smallest absolute Gasteiger partial charge is 0.142 e. The molecule has 0 bridgehead atoms. The van der Waals surface area contributed by atoms with E-state index in [9.17, 15) is 0 Å². The molecule has 96 valence electrons. The van der Waals surface area contributed by atoms with Crippen molar-refractivity contribution in [3.63, 3.8) is 0 Å². The zero-order valence-electron chi connectivity index (χ0n) is 11.4. The zero-order valence-corrected chi connectivity index (χ0v) is 11.4. The van der Waals surface area contributed by atoms with Crippen molar-refractivity contribution in [3.05, 3.63) is 24.0 Å². The van der Waals surface area contributed by atoms with Gasteiger partial charge in [-0.1, -0.05) is 20.8 Å². The summed E-state index contributed by atoms with van der Waals surface area (Å²) < 4.78 is 5.85. The monoisotopic (exact) mass is 236 g/mol. The number of nitrogens with one attached hydrogen (secondary N) is 1. The van der Waals surface area contributed by atoms with Crippen molar-refractivity contribution in [3.8, 4) is 5.75 Å². The Balaban J connectivity index is 2.57. The van der Waals surface area contributed by atoms with E-state index < -0.39 is 0 Å². The Morgan fingerprint density at radius 3 is 2.76 bits per heavy atom. The lowest BCUT2D eigenvalue weighted by Crippen LogP contribution is -2.20. The van der Waals surface area contributed by atoms with Gasteiger partial charge in [-0.15, -0.1) is 0 Å². The highest BCUT2D eigenvalue weighted by Crippen LogP contribution is 2.18. The van der Waals surface area contributed by atoms with Crippen molar-refractivity contribution in [1.29, 1.82) is 0 Å². The van der Waals surface area contributed by atoms with Crippen LogP contribution in [-0.4, -0.2) is 17.6 Å². The predicted molar refractivity (Wildman–Crippen MR) is 71.2 cm³/mol. The number of aromatic nitrogens is 1. The minimum Gasteiger partial charge on any atom is -0.489 e. The van der Waals surface area contributed by atoms with E-state index in [2.05, 4.69) is 38.0 Å². The summed E-state index contributed by atoms with van der Waals surface area (Å²) in [5.74, 6) is 1.56. The van der Waals surface area contributed by atoms with Gasteiger partial charge in [0, 0.05) is 18.3 Å². The second-order valence-electron chi connectivity index (χ2n) is 4.84. The van der Waals surface area contributed by atoms with Crippen LogP contribution in [0.4, 0.5) is 0 Å². The number of hydrogen-bond donors (Lipinski definition) is 1. The summed E-state index contributed by atoms with van der Waals surface area (Å²) in [6.45, 7) is 10.5. The summed E-state index contributed by atoms with van der Waals surface area (Å²) in [5.41, 5.74) is 1.18. The largest absolute Gasteiger partial charge is 0.489 e. The molecular weight excluding hydrogens is 212 g/mol. The molecule has 0 aliphatic heterocycles. The first kappa shape index (κ1) is 14.0. The molecule has 1 heterocycles. The van der Waals surface area contributed by atoms with E-state index in [1.807, 2.05) is 12.3 Å². The van der Waals surface area contributed by atoms with Gasteiger partial charge in [0.05, 0.1) is 12.3 Å². The molecule has 0 aliphatic rings. The molecule has 1 rings (SSSR count). The fourth-order valence-corrected chi connectivity index (χ4v) is 1.46. The molecule has 17 heavy (non-hydrogen) atoms. The van der Waals surface area contributed by atoms with Gasteiger partial charge in [0.25, 0.3) is 0 Å². The molecule has 0 saturated heterocycles. The second kappa shape index (κ2) is 7.28. The minimum absolute atomic E-state index is 0.239. The van der Waals surface area contributed by atoms with Crippen LogP contribution in [0.25, 0.3) is 0 Å². The molecule has 1 unspecified atom stereocenters. The number of pyridine rings is 1. The highest BCUT2D eigenvalue weighted by molar-refractivity contribution is 5.29. The molecule has 0 fully saturated rings. The van der Waals surface area contributed by atoms with Gasteiger partial charge in [0.2, 0.25) is 0 Å². The third-order valence-electron chi connectivity index (χ3n) is 2.64. The summed E-state index contributed by atoms with van der Waals surface area (Å²) in [5, 5.41) is 3.42. The van der Waals surface area contributed by atoms with Crippen LogP contribution in [0.2, 0.25) is 0 Å². The molecule has 0 aromatic carbocycles. The fourth-order valence-electron chi connectivity index (χ4n) is 1.46. The molecule has 3 nitrogen and oxygen atoms in total. The molecule has 1 N–H and O–H groups in total. The maximum Gasteiger partial charge on any atom is 0.142 e. The van der Waals surface area contributed by atoms with Gasteiger partial charge in [-0.2, -0.15) is 0 Å². The standard InChI is InChI=1S/C14H24N2O/c1-5-12(4)17-14-10-15-7-6-13(14)9-16-8-11(2)3/h6-7,10-12,16H,5,8-9H2,1-4H3. The van der Waals surface area contributed by atoms with Crippen molar-refractivity contribution in [2.24, 2.45) is 5.92 Å². The first-order chi connectivity index (χ1) is 8.13. The van der Waals surface area contributed by atoms with Gasteiger partial charge in [0.1, 0.15) is 5.75 Å². The summed E-state index contributed by atoms with van der Waals surface area (Å²) in [7, 11) is 0. The predicted octanol–water partition coefficient (Wildman–Crippen LogP) is 3.00. The van der Waals surface area contributed by atoms with Crippen LogP contribution >= 0.6 is 0 Å². The lowest BCUT2D eigenvalue weighted by Gasteiger charge is -2.16. The summed E-state index contributed by atoms with van der Waals surface area (Å²) in [6, 6.07) is 2.02. The summed E-state index contributed by atoms with van der Waals surface area (Å²) in [6.07, 6.45) is 4.87. The SMILES string of the molecule is CCC(C)Oc1cnccc1CNCC(C)C. The van der Waals surface area contributed by atoms with E-state index in [0.717, 1.165) is 25.3 Å². The van der Waals surface area contributed by atoms with E-state index in [0.29, 0.717) is 5.92 Å². The highest BCUT2D eigenvalue weighted by atomic mass is 16.5. The third-order valence-corrected chi connectivity index (χ3v) is 2.64. The van der Waals surface area contributed by atoms with Crippen LogP contribution in [-0.2, 0) is 6.54 Å². The summed E-state index contributed by atoms with van der Waals surface area (Å²) in [4.78, 5) is 4.12. The molecule has 1 aromatic heterocycles. The van der Waals surface area contributed by atoms with E-state index >= 15 is 0 Å². The Kier molecular flexibility index (Phi) is 5.98. The van der Waals surface area contributed by atoms with Gasteiger partial charge in [0.15, 0.2) is 0 Å². The molecule has 3 heteroatoms. The van der Waals surface area contributed by atoms with Gasteiger partial charge in [-0.25, -0.2) is 0 Å². The van der Waals surface area contributed by atoms with E-state index in [1.54, 1.807) is 6.20 Å². The van der Waals surface area contributed by atoms with Gasteiger partial charge in [-0.05, 0) is 31.9 Å². The average molecular weight is 236 g/mol. The Morgan fingerprint density at radius 2 is 2.12 bits per heavy atom. The van der Waals surface area contributed by atoms with E-state index in [4.69, 9.17) is 4.74 Å². The van der Waals surface area contributed by atoms with Gasteiger partial charge in [-0.3, -0.25) is 4.98 Å². The van der Waals surface area contributed by atoms with E-state index in [-0.39, 0.29) is 6.10 Å². The van der Waals surface area contributed by atoms with E-state index in [1.165, 1.54) is 5.56 Å². The van der Waals surface area contributed by atoms with Crippen LogP contribution in [0.5, 0.6) is 5.75 Å². The van der Waals surface area contributed by atoms with Crippen LogP contribution < -0.4 is 10.1 Å². The molecule has 0 spiro atoms. The minimum atomic E-state index is 0.239. The molecule has 0 aliphatic carbocycles. The zero-order chi connectivity index (χ0) is 12.7. The topological polar surface area (TPSA) is 34.1 Å². The Bertz CT molecular complexity index is 326. The number of nitrogens with zero attached hydrogens (tertiary/aromatic N) is 1. The van der Waals surface area contributed by atoms with Crippen molar-refractivity contribution in [1.82, 2.24) is 10.3 Å². The molecule has 0 saturated carbocycles. The molecule has 0 radical (unpaired) electrons. The van der Waals surface area contributed by atoms with Crippen LogP contribution in [0.15, 0.2) is 18.5 Å². The highest BCUT2D eigenvalue weighted by Gasteiger charge is 2.07. The Labute approximate surface area is 105 Å². The quantitative estimate of drug-likeness (QED) is 0.790. The second-order valence-corrected chi connectivity index (χ2v) is 4.84. The summed E-state index contributed by atoms with van der Waals surface area (Å²) >= 11 is 0. The lowest BCUT2D eigenvalue weighted by atomic mass is 10.2. The number of rotatable bonds is 7. The van der Waals surface area contributed by atoms with Crippen molar-refractivity contribution in [2.45, 2.75) is 46.8 Å². The fraction of sp³-hybridized carbons (Fsp3) is 0.643. The number of hydrogen-bond acceptors (Lipinski definition) is 3. The number of ether oxygens (including phenoxy) is 1. The van der Waals surface area contributed by atoms with Crippen LogP contribution in [0.1, 0.15) is 39.7 Å². The first-order valence-electron chi connectivity index (χ1n) is 6.43. The van der Waals surface area contributed by atoms with Crippen LogP contribution in [0.3, 0.4) is 0 Å². The lowest BCUT2D eigenvalue weighted by molar-refractivity contribution is 0.214. The van der Waals surface area contributed by atoms with Gasteiger partial charge >= 0.3 is 0 Å². The molecule has 1 atom stereocenters. The Morgan fingerprint density at radius 1 is 1.35 bits per heavy atom. The maximum absolute atomic E-state index is 5.85. The van der Waals surface area contributed by atoms with Crippen molar-refractivity contribution >= 4 is 0 Å². The first-order valence-corrected chi connectivity index (χ1v) is 6.43. The molecule has 1 aromatic rings. The molecular formula is C14H24N2O. The molecule has 0 amide bonds. The normalized spacial score (nSPS) is 12.8. The average Bonchev–Trinajstić information content (AvgIpc) is 2.30. The maximum atomic E-state index is 5.85. The van der Waals surface area contributed by atoms with Crippen molar-refractivity contribution < 1.29 is 4.74 Å². The Hall–Kier alpha value is -1.09.